The van der Waals surface area contributed by atoms with Crippen LogP contribution in [-0.2, 0) is 9.59 Å². The molecule has 2 aliphatic heterocycles. The highest BCUT2D eigenvalue weighted by molar-refractivity contribution is 6.00. The van der Waals surface area contributed by atoms with Gasteiger partial charge in [-0.05, 0) is 80.1 Å². The van der Waals surface area contributed by atoms with E-state index >= 15 is 0 Å². The second kappa shape index (κ2) is 13.3. The van der Waals surface area contributed by atoms with Gasteiger partial charge in [-0.2, -0.15) is 5.10 Å². The molecule has 47 heavy (non-hydrogen) atoms. The van der Waals surface area contributed by atoms with Crippen LogP contribution in [0.25, 0.3) is 33.5 Å². The van der Waals surface area contributed by atoms with E-state index in [9.17, 15) is 9.59 Å². The molecule has 5 heterocycles. The lowest BCUT2D eigenvalue weighted by Crippen LogP contribution is -2.51. The minimum Gasteiger partial charge on any atom is -0.368 e. The van der Waals surface area contributed by atoms with Gasteiger partial charge in [0.2, 0.25) is 11.8 Å². The molecule has 11 heteroatoms. The predicted molar refractivity (Wildman–Crippen MR) is 183 cm³/mol. The average molecular weight is 630 g/mol. The zero-order valence-electron chi connectivity index (χ0n) is 26.6. The maximum Gasteiger partial charge on any atom is 0.236 e. The fourth-order valence-corrected chi connectivity index (χ4v) is 6.93. The smallest absolute Gasteiger partial charge is 0.236 e. The summed E-state index contributed by atoms with van der Waals surface area (Å²) in [5.74, 6) is 0.854. The highest BCUT2D eigenvalue weighted by atomic mass is 16.2. The number of fused-ring (bicyclic) bond motifs is 1. The number of aromatic nitrogens is 5. The highest BCUT2D eigenvalue weighted by Crippen LogP contribution is 2.37. The molecule has 1 atom stereocenters. The number of likely N-dealkylation sites (tertiary alicyclic amines) is 1. The maximum absolute atomic E-state index is 13.9. The number of aromatic amines is 1. The van der Waals surface area contributed by atoms with Crippen LogP contribution in [0.3, 0.4) is 0 Å². The van der Waals surface area contributed by atoms with E-state index in [1.54, 1.807) is 24.8 Å². The molecular formula is C36H39N9O2. The van der Waals surface area contributed by atoms with Crippen LogP contribution in [0.2, 0.25) is 0 Å². The van der Waals surface area contributed by atoms with Gasteiger partial charge in [0, 0.05) is 85.4 Å². The van der Waals surface area contributed by atoms with Crippen molar-refractivity contribution in [2.75, 3.05) is 56.0 Å². The molecule has 11 nitrogen and oxygen atoms in total. The molecule has 2 N–H and O–H groups in total. The van der Waals surface area contributed by atoms with Crippen molar-refractivity contribution < 1.29 is 9.59 Å². The van der Waals surface area contributed by atoms with Crippen LogP contribution in [0, 0.1) is 5.41 Å². The molecule has 1 unspecified atom stereocenters. The van der Waals surface area contributed by atoms with E-state index in [0.717, 1.165) is 78.0 Å². The number of nitrogens with zero attached hydrogens (tertiary/aromatic N) is 7. The van der Waals surface area contributed by atoms with Crippen LogP contribution in [0.5, 0.6) is 0 Å². The van der Waals surface area contributed by atoms with Crippen LogP contribution in [-0.4, -0.2) is 92.6 Å². The van der Waals surface area contributed by atoms with Crippen LogP contribution in [0.4, 0.5) is 11.4 Å². The van der Waals surface area contributed by atoms with Crippen molar-refractivity contribution in [2.45, 2.75) is 26.2 Å². The first kappa shape index (κ1) is 30.5. The van der Waals surface area contributed by atoms with Crippen LogP contribution < -0.4 is 10.2 Å². The zero-order valence-corrected chi connectivity index (χ0v) is 26.6. The fraction of sp³-hybridized carbons (Fsp3) is 0.333. The molecule has 7 rings (SSSR count). The van der Waals surface area contributed by atoms with Crippen molar-refractivity contribution in [3.05, 3.63) is 85.5 Å². The minimum atomic E-state index is -0.538. The second-order valence-electron chi connectivity index (χ2n) is 12.5. The van der Waals surface area contributed by atoms with E-state index in [1.165, 1.54) is 0 Å². The molecule has 0 radical (unpaired) electrons. The van der Waals surface area contributed by atoms with Gasteiger partial charge >= 0.3 is 0 Å². The summed E-state index contributed by atoms with van der Waals surface area (Å²) in [6, 6.07) is 19.8. The SMILES string of the molecule is CCCC1(C(=O)Nc2ccc3[nH]nc(-c4ccncc4)c3c2)CCN(CC(=O)N2CCN(c3ccc(-c4ncccn4)cc3)CC2)C1. The molecule has 0 aliphatic carbocycles. The maximum atomic E-state index is 13.9. The monoisotopic (exact) mass is 629 g/mol. The Morgan fingerprint density at radius 1 is 0.894 bits per heavy atom. The van der Waals surface area contributed by atoms with Gasteiger partial charge in [0.1, 0.15) is 5.69 Å². The number of pyridine rings is 1. The summed E-state index contributed by atoms with van der Waals surface area (Å²) in [4.78, 5) is 46.5. The molecule has 2 saturated heterocycles. The Bertz CT molecular complexity index is 1840. The summed E-state index contributed by atoms with van der Waals surface area (Å²) in [5.41, 5.74) is 5.00. The Hall–Kier alpha value is -5.16. The number of carbonyl (C=O) groups is 2. The van der Waals surface area contributed by atoms with E-state index in [4.69, 9.17) is 0 Å². The number of benzene rings is 2. The first-order valence-electron chi connectivity index (χ1n) is 16.3. The summed E-state index contributed by atoms with van der Waals surface area (Å²) in [5, 5.41) is 11.7. The molecular weight excluding hydrogens is 590 g/mol. The van der Waals surface area contributed by atoms with E-state index in [2.05, 4.69) is 59.3 Å². The number of nitrogens with one attached hydrogen (secondary N) is 2. The number of hydrogen-bond acceptors (Lipinski definition) is 8. The molecule has 2 amide bonds. The van der Waals surface area contributed by atoms with Crippen molar-refractivity contribution in [1.82, 2.24) is 34.9 Å². The Morgan fingerprint density at radius 2 is 1.66 bits per heavy atom. The molecule has 5 aromatic rings. The molecule has 0 bridgehead atoms. The third kappa shape index (κ3) is 6.44. The molecule has 2 aromatic carbocycles. The van der Waals surface area contributed by atoms with Crippen molar-refractivity contribution in [3.8, 4) is 22.6 Å². The summed E-state index contributed by atoms with van der Waals surface area (Å²) >= 11 is 0. The summed E-state index contributed by atoms with van der Waals surface area (Å²) in [7, 11) is 0. The van der Waals surface area contributed by atoms with Crippen LogP contribution in [0.1, 0.15) is 26.2 Å². The van der Waals surface area contributed by atoms with Crippen LogP contribution in [0.15, 0.2) is 85.5 Å². The number of hydrogen-bond donors (Lipinski definition) is 2. The third-order valence-electron chi connectivity index (χ3n) is 9.47. The molecule has 240 valence electrons. The lowest BCUT2D eigenvalue weighted by Gasteiger charge is -2.37. The lowest BCUT2D eigenvalue weighted by molar-refractivity contribution is -0.133. The Morgan fingerprint density at radius 3 is 2.40 bits per heavy atom. The number of piperazine rings is 1. The summed E-state index contributed by atoms with van der Waals surface area (Å²) < 4.78 is 0. The van der Waals surface area contributed by atoms with Gasteiger partial charge in [0.05, 0.1) is 17.5 Å². The highest BCUT2D eigenvalue weighted by Gasteiger charge is 2.44. The van der Waals surface area contributed by atoms with Crippen molar-refractivity contribution in [3.63, 3.8) is 0 Å². The lowest BCUT2D eigenvalue weighted by atomic mass is 9.81. The van der Waals surface area contributed by atoms with Gasteiger partial charge < -0.3 is 15.1 Å². The normalized spacial score (nSPS) is 18.5. The standard InChI is InChI=1S/C36H39N9O2/c1-2-12-36(35(47)40-28-6-9-31-30(23-28)33(42-41-31)26-10-16-37-17-11-26)13-18-43(25-36)24-32(46)45-21-19-44(20-22-45)29-7-4-27(5-8-29)34-38-14-3-15-39-34/h3-11,14-17,23H,2,12-13,18-22,24-25H2,1H3,(H,40,47)(H,41,42). The number of anilines is 2. The quantitative estimate of drug-likeness (QED) is 0.237. The number of H-pyrrole nitrogens is 1. The van der Waals surface area contributed by atoms with E-state index in [1.807, 2.05) is 53.4 Å². The van der Waals surface area contributed by atoms with E-state index in [0.29, 0.717) is 32.0 Å². The van der Waals surface area contributed by atoms with Gasteiger partial charge in [-0.1, -0.05) is 13.3 Å². The first-order chi connectivity index (χ1) is 23.0. The van der Waals surface area contributed by atoms with Gasteiger partial charge in [-0.25, -0.2) is 9.97 Å². The summed E-state index contributed by atoms with van der Waals surface area (Å²) in [6.45, 7) is 6.65. The molecule has 0 spiro atoms. The first-order valence-corrected chi connectivity index (χ1v) is 16.3. The number of rotatable bonds is 9. The Balaban J connectivity index is 0.951. The van der Waals surface area contributed by atoms with Gasteiger partial charge in [0.25, 0.3) is 0 Å². The van der Waals surface area contributed by atoms with E-state index in [-0.39, 0.29) is 11.8 Å². The van der Waals surface area contributed by atoms with Crippen molar-refractivity contribution >= 4 is 34.1 Å². The van der Waals surface area contributed by atoms with Crippen molar-refractivity contribution in [1.29, 1.82) is 0 Å². The largest absolute Gasteiger partial charge is 0.368 e. The van der Waals surface area contributed by atoms with E-state index < -0.39 is 5.41 Å². The molecule has 2 aliphatic rings. The predicted octanol–water partition coefficient (Wildman–Crippen LogP) is 4.86. The van der Waals surface area contributed by atoms with Gasteiger partial charge in [0.15, 0.2) is 5.82 Å². The fourth-order valence-electron chi connectivity index (χ4n) is 6.93. The second-order valence-corrected chi connectivity index (χ2v) is 12.5. The number of carbonyl (C=O) groups excluding carboxylic acids is 2. The summed E-state index contributed by atoms with van der Waals surface area (Å²) in [6.07, 6.45) is 9.38. The van der Waals surface area contributed by atoms with Crippen molar-refractivity contribution in [2.24, 2.45) is 5.41 Å². The Kier molecular flexibility index (Phi) is 8.62. The Labute approximate surface area is 274 Å². The molecule has 2 fully saturated rings. The molecule has 3 aromatic heterocycles. The van der Waals surface area contributed by atoms with Gasteiger partial charge in [-0.3, -0.25) is 24.6 Å². The minimum absolute atomic E-state index is 0.0149. The molecule has 0 saturated carbocycles. The van der Waals surface area contributed by atoms with Crippen LogP contribution >= 0.6 is 0 Å². The third-order valence-corrected chi connectivity index (χ3v) is 9.47. The number of amides is 2. The zero-order chi connectivity index (χ0) is 32.2. The van der Waals surface area contributed by atoms with Gasteiger partial charge in [-0.15, -0.1) is 0 Å². The average Bonchev–Trinajstić information content (AvgIpc) is 3.74. The topological polar surface area (TPSA) is 123 Å².